The normalized spacial score (nSPS) is 16.6. The van der Waals surface area contributed by atoms with Crippen LogP contribution in [0.5, 0.6) is 0 Å². The van der Waals surface area contributed by atoms with Crippen LogP contribution in [0.2, 0.25) is 0 Å². The molecule has 0 bridgehead atoms. The average Bonchev–Trinajstić information content (AvgIpc) is 3.47. The van der Waals surface area contributed by atoms with E-state index in [1.165, 1.54) is 11.3 Å². The summed E-state index contributed by atoms with van der Waals surface area (Å²) in [5.74, 6) is 0.664. The van der Waals surface area contributed by atoms with E-state index >= 15 is 0 Å². The van der Waals surface area contributed by atoms with Gasteiger partial charge in [-0.1, -0.05) is 0 Å². The van der Waals surface area contributed by atoms with Crippen LogP contribution in [-0.4, -0.2) is 32.8 Å². The number of furan rings is 1. The Morgan fingerprint density at radius 3 is 3.04 bits per heavy atom. The lowest BCUT2D eigenvalue weighted by Crippen LogP contribution is -2.32. The molecule has 1 saturated heterocycles. The van der Waals surface area contributed by atoms with E-state index in [0.29, 0.717) is 23.7 Å². The lowest BCUT2D eigenvalue weighted by atomic mass is 10.2. The number of imidazole rings is 1. The van der Waals surface area contributed by atoms with Gasteiger partial charge in [0.15, 0.2) is 0 Å². The molecule has 4 heterocycles. The second-order valence-corrected chi connectivity index (χ2v) is 7.56. The highest BCUT2D eigenvalue weighted by Gasteiger charge is 2.31. The quantitative estimate of drug-likeness (QED) is 0.709. The summed E-state index contributed by atoms with van der Waals surface area (Å²) in [6, 6.07) is 7.44. The SMILES string of the molecule is O=C(NCc1ccco1)c1ccc([C@@H]2CCCN2C(=O)Cn2ccnc2)s1. The van der Waals surface area contributed by atoms with E-state index in [9.17, 15) is 9.59 Å². The van der Waals surface area contributed by atoms with Crippen molar-refractivity contribution in [3.05, 3.63) is 64.8 Å². The number of thiophene rings is 1. The molecule has 0 spiro atoms. The van der Waals surface area contributed by atoms with Gasteiger partial charge in [0.25, 0.3) is 5.91 Å². The summed E-state index contributed by atoms with van der Waals surface area (Å²) in [5.41, 5.74) is 0. The van der Waals surface area contributed by atoms with Gasteiger partial charge in [-0.25, -0.2) is 4.98 Å². The van der Waals surface area contributed by atoms with Gasteiger partial charge in [-0.15, -0.1) is 11.3 Å². The van der Waals surface area contributed by atoms with Gasteiger partial charge in [0.05, 0.1) is 30.1 Å². The van der Waals surface area contributed by atoms with E-state index in [-0.39, 0.29) is 17.9 Å². The van der Waals surface area contributed by atoms with Gasteiger partial charge in [0, 0.05) is 23.8 Å². The molecule has 4 rings (SSSR count). The number of aromatic nitrogens is 2. The van der Waals surface area contributed by atoms with E-state index in [2.05, 4.69) is 10.3 Å². The third-order valence-electron chi connectivity index (χ3n) is 4.63. The fraction of sp³-hybridized carbons (Fsp3) is 0.316. The summed E-state index contributed by atoms with van der Waals surface area (Å²) < 4.78 is 7.01. The highest BCUT2D eigenvalue weighted by atomic mass is 32.1. The molecular weight excluding hydrogens is 364 g/mol. The highest BCUT2D eigenvalue weighted by molar-refractivity contribution is 7.14. The molecule has 1 N–H and O–H groups in total. The Morgan fingerprint density at radius 2 is 2.26 bits per heavy atom. The second-order valence-electron chi connectivity index (χ2n) is 6.44. The Kier molecular flexibility index (Phi) is 5.06. The lowest BCUT2D eigenvalue weighted by Gasteiger charge is -2.24. The molecule has 8 heteroatoms. The number of rotatable bonds is 6. The Morgan fingerprint density at radius 1 is 1.33 bits per heavy atom. The Balaban J connectivity index is 1.40. The van der Waals surface area contributed by atoms with Crippen molar-refractivity contribution in [1.29, 1.82) is 0 Å². The van der Waals surface area contributed by atoms with Crippen LogP contribution in [-0.2, 0) is 17.9 Å². The summed E-state index contributed by atoms with van der Waals surface area (Å²) in [5, 5.41) is 2.86. The Labute approximate surface area is 160 Å². The molecule has 0 aromatic carbocycles. The van der Waals surface area contributed by atoms with Crippen LogP contribution < -0.4 is 5.32 Å². The van der Waals surface area contributed by atoms with E-state index in [1.54, 1.807) is 35.6 Å². The number of hydrogen-bond donors (Lipinski definition) is 1. The van der Waals surface area contributed by atoms with Crippen LogP contribution in [0.4, 0.5) is 0 Å². The zero-order chi connectivity index (χ0) is 18.6. The van der Waals surface area contributed by atoms with Crippen LogP contribution >= 0.6 is 11.3 Å². The maximum Gasteiger partial charge on any atom is 0.261 e. The van der Waals surface area contributed by atoms with E-state index in [4.69, 9.17) is 4.42 Å². The zero-order valence-electron chi connectivity index (χ0n) is 14.7. The van der Waals surface area contributed by atoms with Crippen molar-refractivity contribution in [2.45, 2.75) is 32.0 Å². The van der Waals surface area contributed by atoms with Gasteiger partial charge in [-0.2, -0.15) is 0 Å². The second kappa shape index (κ2) is 7.79. The van der Waals surface area contributed by atoms with Crippen molar-refractivity contribution in [3.8, 4) is 0 Å². The molecule has 1 aliphatic heterocycles. The summed E-state index contributed by atoms with van der Waals surface area (Å²) in [6.07, 6.45) is 8.58. The number of amides is 2. The molecule has 2 amide bonds. The molecule has 3 aromatic heterocycles. The first-order valence-electron chi connectivity index (χ1n) is 8.86. The van der Waals surface area contributed by atoms with Gasteiger partial charge in [0.1, 0.15) is 12.3 Å². The molecule has 3 aromatic rings. The molecule has 7 nitrogen and oxygen atoms in total. The first kappa shape index (κ1) is 17.5. The van der Waals surface area contributed by atoms with Gasteiger partial charge >= 0.3 is 0 Å². The molecule has 0 radical (unpaired) electrons. The van der Waals surface area contributed by atoms with Crippen LogP contribution in [0, 0.1) is 0 Å². The molecule has 140 valence electrons. The first-order chi connectivity index (χ1) is 13.2. The summed E-state index contributed by atoms with van der Waals surface area (Å²) in [6.45, 7) is 1.40. The molecule has 1 aliphatic rings. The molecule has 1 atom stereocenters. The summed E-state index contributed by atoms with van der Waals surface area (Å²) in [7, 11) is 0. The van der Waals surface area contributed by atoms with Crippen molar-refractivity contribution in [2.24, 2.45) is 0 Å². The predicted molar refractivity (Wildman–Crippen MR) is 100 cm³/mol. The predicted octanol–water partition coefficient (Wildman–Crippen LogP) is 2.83. The van der Waals surface area contributed by atoms with Crippen molar-refractivity contribution in [1.82, 2.24) is 19.8 Å². The topological polar surface area (TPSA) is 80.4 Å². The summed E-state index contributed by atoms with van der Waals surface area (Å²) >= 11 is 1.45. The van der Waals surface area contributed by atoms with E-state index in [1.807, 2.05) is 23.1 Å². The fourth-order valence-corrected chi connectivity index (χ4v) is 4.38. The maximum absolute atomic E-state index is 12.7. The van der Waals surface area contributed by atoms with Crippen molar-refractivity contribution >= 4 is 23.2 Å². The maximum atomic E-state index is 12.7. The minimum absolute atomic E-state index is 0.0395. The highest BCUT2D eigenvalue weighted by Crippen LogP contribution is 2.36. The molecular formula is C19H20N4O3S. The Bertz CT molecular complexity index is 901. The third-order valence-corrected chi connectivity index (χ3v) is 5.82. The van der Waals surface area contributed by atoms with Crippen molar-refractivity contribution in [3.63, 3.8) is 0 Å². The lowest BCUT2D eigenvalue weighted by molar-refractivity contribution is -0.132. The smallest absolute Gasteiger partial charge is 0.261 e. The largest absolute Gasteiger partial charge is 0.467 e. The molecule has 0 unspecified atom stereocenters. The minimum atomic E-state index is -0.128. The molecule has 1 fully saturated rings. The average molecular weight is 384 g/mol. The standard InChI is InChI=1S/C19H20N4O3S/c24-18(12-22-9-7-20-13-22)23-8-1-4-15(23)16-5-6-17(27-16)19(25)21-11-14-3-2-10-26-14/h2-3,5-7,9-10,13,15H,1,4,8,11-12H2,(H,21,25)/t15-/m0/s1. The summed E-state index contributed by atoms with van der Waals surface area (Å²) in [4.78, 5) is 32.6. The van der Waals surface area contributed by atoms with Gasteiger partial charge in [-0.05, 0) is 37.1 Å². The third kappa shape index (κ3) is 3.95. The number of carbonyl (C=O) groups is 2. The monoisotopic (exact) mass is 384 g/mol. The Hall–Kier alpha value is -2.87. The van der Waals surface area contributed by atoms with Gasteiger partial charge in [-0.3, -0.25) is 9.59 Å². The van der Waals surface area contributed by atoms with Crippen LogP contribution in [0.3, 0.4) is 0 Å². The van der Waals surface area contributed by atoms with E-state index < -0.39 is 0 Å². The van der Waals surface area contributed by atoms with Gasteiger partial charge in [0.2, 0.25) is 5.91 Å². The number of nitrogens with zero attached hydrogens (tertiary/aromatic N) is 3. The van der Waals surface area contributed by atoms with Crippen LogP contribution in [0.15, 0.2) is 53.7 Å². The van der Waals surface area contributed by atoms with Crippen LogP contribution in [0.1, 0.15) is 39.2 Å². The number of likely N-dealkylation sites (tertiary alicyclic amines) is 1. The van der Waals surface area contributed by atoms with Gasteiger partial charge < -0.3 is 19.2 Å². The van der Waals surface area contributed by atoms with Crippen molar-refractivity contribution < 1.29 is 14.0 Å². The molecule has 0 saturated carbocycles. The fourth-order valence-electron chi connectivity index (χ4n) is 3.31. The zero-order valence-corrected chi connectivity index (χ0v) is 15.5. The number of carbonyl (C=O) groups excluding carboxylic acids is 2. The van der Waals surface area contributed by atoms with Crippen molar-refractivity contribution in [2.75, 3.05) is 6.54 Å². The number of nitrogens with one attached hydrogen (secondary N) is 1. The van der Waals surface area contributed by atoms with Crippen LogP contribution in [0.25, 0.3) is 0 Å². The first-order valence-corrected chi connectivity index (χ1v) is 9.68. The van der Waals surface area contributed by atoms with E-state index in [0.717, 1.165) is 24.3 Å². The minimum Gasteiger partial charge on any atom is -0.467 e. The molecule has 0 aliphatic carbocycles. The molecule has 27 heavy (non-hydrogen) atoms. The number of hydrogen-bond acceptors (Lipinski definition) is 5.